The molecule has 0 spiro atoms. The van der Waals surface area contributed by atoms with Crippen LogP contribution in [0, 0.1) is 20.8 Å². The molecular formula is C27H39N3O4S. The highest BCUT2D eigenvalue weighted by Crippen LogP contribution is 2.22. The van der Waals surface area contributed by atoms with Crippen LogP contribution in [0.1, 0.15) is 55.9 Å². The lowest BCUT2D eigenvalue weighted by Gasteiger charge is -2.33. The van der Waals surface area contributed by atoms with Crippen molar-refractivity contribution < 1.29 is 18.0 Å². The van der Waals surface area contributed by atoms with Crippen molar-refractivity contribution in [1.29, 1.82) is 0 Å². The van der Waals surface area contributed by atoms with Gasteiger partial charge in [0.15, 0.2) is 0 Å². The summed E-state index contributed by atoms with van der Waals surface area (Å²) in [6.07, 6.45) is 2.26. The number of rotatable bonds is 11. The minimum Gasteiger partial charge on any atom is -0.352 e. The molecule has 2 atom stereocenters. The molecule has 0 saturated carbocycles. The molecular weight excluding hydrogens is 462 g/mol. The van der Waals surface area contributed by atoms with Crippen LogP contribution < -0.4 is 9.62 Å². The summed E-state index contributed by atoms with van der Waals surface area (Å²) in [6.45, 7) is 11.4. The fraction of sp³-hybridized carbons (Fsp3) is 0.481. The molecule has 0 radical (unpaired) electrons. The maximum absolute atomic E-state index is 13.7. The number of carbonyl (C=O) groups is 2. The molecule has 0 unspecified atom stereocenters. The lowest BCUT2D eigenvalue weighted by molar-refractivity contribution is -0.140. The summed E-state index contributed by atoms with van der Waals surface area (Å²) >= 11 is 0. The Bertz CT molecular complexity index is 1150. The second kappa shape index (κ2) is 12.2. The summed E-state index contributed by atoms with van der Waals surface area (Å²) in [7, 11) is -3.75. The van der Waals surface area contributed by atoms with Crippen molar-refractivity contribution in [2.75, 3.05) is 17.1 Å². The summed E-state index contributed by atoms with van der Waals surface area (Å²) in [5.74, 6) is -0.666. The summed E-state index contributed by atoms with van der Waals surface area (Å²) in [4.78, 5) is 28.4. The second-order valence-corrected chi connectivity index (χ2v) is 11.2. The van der Waals surface area contributed by atoms with Crippen LogP contribution in [-0.4, -0.2) is 50.0 Å². The fourth-order valence-electron chi connectivity index (χ4n) is 3.86. The number of hydrogen-bond acceptors (Lipinski definition) is 4. The van der Waals surface area contributed by atoms with Crippen LogP contribution in [0.5, 0.6) is 0 Å². The van der Waals surface area contributed by atoms with Crippen molar-refractivity contribution in [3.63, 3.8) is 0 Å². The summed E-state index contributed by atoms with van der Waals surface area (Å²) in [5.41, 5.74) is 4.31. The summed E-state index contributed by atoms with van der Waals surface area (Å²) in [6, 6.07) is 12.3. The third-order valence-electron chi connectivity index (χ3n) is 6.28. The third kappa shape index (κ3) is 7.82. The molecule has 0 bridgehead atoms. The molecule has 35 heavy (non-hydrogen) atoms. The first kappa shape index (κ1) is 28.4. The Morgan fingerprint density at radius 3 is 2.20 bits per heavy atom. The van der Waals surface area contributed by atoms with E-state index in [1.165, 1.54) is 4.90 Å². The van der Waals surface area contributed by atoms with E-state index in [0.29, 0.717) is 12.1 Å². The Labute approximate surface area is 210 Å². The predicted octanol–water partition coefficient (Wildman–Crippen LogP) is 4.10. The number of nitrogens with one attached hydrogen (secondary N) is 1. The van der Waals surface area contributed by atoms with E-state index in [1.807, 2.05) is 71.9 Å². The molecule has 2 amide bonds. The van der Waals surface area contributed by atoms with Gasteiger partial charge in [-0.15, -0.1) is 0 Å². The van der Waals surface area contributed by atoms with Crippen molar-refractivity contribution >= 4 is 27.5 Å². The number of sulfonamides is 1. The number of benzene rings is 2. The molecule has 8 heteroatoms. The van der Waals surface area contributed by atoms with Crippen molar-refractivity contribution in [1.82, 2.24) is 10.2 Å². The molecule has 1 N–H and O–H groups in total. The van der Waals surface area contributed by atoms with Gasteiger partial charge in [-0.2, -0.15) is 0 Å². The molecule has 0 aliphatic rings. The van der Waals surface area contributed by atoms with E-state index in [1.54, 1.807) is 12.1 Å². The number of amides is 2. The molecule has 7 nitrogen and oxygen atoms in total. The Morgan fingerprint density at radius 1 is 0.971 bits per heavy atom. The lowest BCUT2D eigenvalue weighted by Crippen LogP contribution is -2.53. The summed E-state index contributed by atoms with van der Waals surface area (Å²) < 4.78 is 26.6. The van der Waals surface area contributed by atoms with Crippen LogP contribution >= 0.6 is 0 Å². The molecule has 0 fully saturated rings. The molecule has 2 aromatic carbocycles. The van der Waals surface area contributed by atoms with Gasteiger partial charge in [0.1, 0.15) is 12.6 Å². The highest BCUT2D eigenvalue weighted by Gasteiger charge is 2.32. The molecule has 192 valence electrons. The highest BCUT2D eigenvalue weighted by atomic mass is 32.2. The molecule has 0 aromatic heterocycles. The Balaban J connectivity index is 2.46. The highest BCUT2D eigenvalue weighted by molar-refractivity contribution is 7.92. The van der Waals surface area contributed by atoms with Crippen molar-refractivity contribution in [3.05, 3.63) is 64.7 Å². The van der Waals surface area contributed by atoms with Crippen molar-refractivity contribution in [2.45, 2.75) is 73.0 Å². The molecule has 0 aliphatic carbocycles. The number of carbonyl (C=O) groups excluding carboxylic acids is 2. The summed E-state index contributed by atoms with van der Waals surface area (Å²) in [5, 5.41) is 2.98. The standard InChI is InChI=1S/C27H39N3O4S/c1-8-22(6)28-27(32)25(9-2)29(17-23-12-10-11-19(3)15-23)26(31)18-30(35(7,33)34)24-14-13-20(4)21(5)16-24/h10-16,22,25H,8-9,17-18H2,1-7H3,(H,28,32)/t22-,25-/m1/s1. The largest absolute Gasteiger partial charge is 0.352 e. The van der Waals surface area contributed by atoms with E-state index >= 15 is 0 Å². The van der Waals surface area contributed by atoms with Gasteiger partial charge >= 0.3 is 0 Å². The van der Waals surface area contributed by atoms with Crippen molar-refractivity contribution in [3.8, 4) is 0 Å². The zero-order chi connectivity index (χ0) is 26.3. The molecule has 0 heterocycles. The topological polar surface area (TPSA) is 86.8 Å². The molecule has 0 aliphatic heterocycles. The van der Waals surface area contributed by atoms with Gasteiger partial charge in [-0.1, -0.05) is 49.7 Å². The quantitative estimate of drug-likeness (QED) is 0.502. The molecule has 2 aromatic rings. The van der Waals surface area contributed by atoms with Crippen molar-refractivity contribution in [2.24, 2.45) is 0 Å². The average Bonchev–Trinajstić information content (AvgIpc) is 2.78. The van der Waals surface area contributed by atoms with E-state index in [4.69, 9.17) is 0 Å². The first-order valence-corrected chi connectivity index (χ1v) is 13.9. The zero-order valence-electron chi connectivity index (χ0n) is 22.0. The van der Waals surface area contributed by atoms with E-state index in [0.717, 1.165) is 39.2 Å². The van der Waals surface area contributed by atoms with Crippen LogP contribution in [0.4, 0.5) is 5.69 Å². The zero-order valence-corrected chi connectivity index (χ0v) is 22.8. The molecule has 0 saturated heterocycles. The van der Waals surface area contributed by atoms with Crippen LogP contribution in [0.15, 0.2) is 42.5 Å². The number of nitrogens with zero attached hydrogens (tertiary/aromatic N) is 2. The average molecular weight is 502 g/mol. The number of aryl methyl sites for hydroxylation is 3. The van der Waals surface area contributed by atoms with Crippen LogP contribution in [0.25, 0.3) is 0 Å². The Morgan fingerprint density at radius 2 is 1.66 bits per heavy atom. The lowest BCUT2D eigenvalue weighted by atomic mass is 10.1. The van der Waals surface area contributed by atoms with Gasteiger partial charge in [-0.05, 0) is 69.4 Å². The SMILES string of the molecule is CC[C@@H](C)NC(=O)[C@@H](CC)N(Cc1cccc(C)c1)C(=O)CN(c1ccc(C)c(C)c1)S(C)(=O)=O. The van der Waals surface area contributed by atoms with Gasteiger partial charge in [0.05, 0.1) is 11.9 Å². The van der Waals surface area contributed by atoms with Gasteiger partial charge in [-0.25, -0.2) is 8.42 Å². The monoisotopic (exact) mass is 501 g/mol. The minimum atomic E-state index is -3.75. The van der Waals surface area contributed by atoms with E-state index in [2.05, 4.69) is 5.32 Å². The van der Waals surface area contributed by atoms with Gasteiger partial charge in [0.2, 0.25) is 21.8 Å². The maximum Gasteiger partial charge on any atom is 0.244 e. The molecule has 2 rings (SSSR count). The number of anilines is 1. The third-order valence-corrected chi connectivity index (χ3v) is 7.42. The normalized spacial score (nSPS) is 13.1. The van der Waals surface area contributed by atoms with E-state index in [-0.39, 0.29) is 25.0 Å². The predicted molar refractivity (Wildman–Crippen MR) is 142 cm³/mol. The first-order chi connectivity index (χ1) is 16.4. The smallest absolute Gasteiger partial charge is 0.244 e. The van der Waals surface area contributed by atoms with E-state index < -0.39 is 22.0 Å². The van der Waals surface area contributed by atoms with Crippen LogP contribution in [0.2, 0.25) is 0 Å². The maximum atomic E-state index is 13.7. The minimum absolute atomic E-state index is 0.0319. The van der Waals surface area contributed by atoms with Gasteiger partial charge < -0.3 is 10.2 Å². The fourth-order valence-corrected chi connectivity index (χ4v) is 4.70. The number of hydrogen-bond donors (Lipinski definition) is 1. The Kier molecular flexibility index (Phi) is 9.89. The second-order valence-electron chi connectivity index (χ2n) is 9.29. The van der Waals surface area contributed by atoms with Crippen LogP contribution in [-0.2, 0) is 26.2 Å². The van der Waals surface area contributed by atoms with Crippen LogP contribution in [0.3, 0.4) is 0 Å². The van der Waals surface area contributed by atoms with Gasteiger partial charge in [-0.3, -0.25) is 13.9 Å². The Hall–Kier alpha value is -2.87. The van der Waals surface area contributed by atoms with Gasteiger partial charge in [0, 0.05) is 12.6 Å². The van der Waals surface area contributed by atoms with E-state index in [9.17, 15) is 18.0 Å². The van der Waals surface area contributed by atoms with Gasteiger partial charge in [0.25, 0.3) is 0 Å². The first-order valence-electron chi connectivity index (χ1n) is 12.1.